The number of rotatable bonds is 4. The molecule has 0 saturated carbocycles. The van der Waals surface area contributed by atoms with Gasteiger partial charge in [-0.1, -0.05) is 0 Å². The molecule has 0 heterocycles. The molecule has 6 heteroatoms. The van der Waals surface area contributed by atoms with Crippen molar-refractivity contribution in [2.75, 3.05) is 20.1 Å². The highest BCUT2D eigenvalue weighted by Crippen LogP contribution is 1.67. The number of nitrogens with two attached hydrogens (primary N) is 2. The van der Waals surface area contributed by atoms with Crippen LogP contribution in [0.1, 0.15) is 6.42 Å². The smallest absolute Gasteiger partial charge is 0.304 e. The predicted molar refractivity (Wildman–Crippen MR) is 44.4 cm³/mol. The van der Waals surface area contributed by atoms with Crippen molar-refractivity contribution in [3.05, 3.63) is 0 Å². The molecule has 0 fully saturated rings. The fourth-order valence-electron chi connectivity index (χ4n) is 0.298. The van der Waals surface area contributed by atoms with Gasteiger partial charge < -0.3 is 21.9 Å². The summed E-state index contributed by atoms with van der Waals surface area (Å²) in [7, 11) is 1.67. The Bertz CT molecular complexity index is 122. The Labute approximate surface area is 70.9 Å². The van der Waals surface area contributed by atoms with Gasteiger partial charge >= 0.3 is 5.97 Å². The largest absolute Gasteiger partial charge is 0.481 e. The number of aliphatic carboxylic acids is 1. The van der Waals surface area contributed by atoms with Crippen LogP contribution in [0.4, 0.5) is 0 Å². The Hall–Kier alpha value is -1.14. The van der Waals surface area contributed by atoms with Crippen molar-refractivity contribution in [2.45, 2.75) is 6.42 Å². The van der Waals surface area contributed by atoms with E-state index in [1.165, 1.54) is 0 Å². The van der Waals surface area contributed by atoms with E-state index >= 15 is 0 Å². The number of likely N-dealkylation sites (N-methyl/N-ethyl adjacent to an activating group) is 1. The van der Waals surface area contributed by atoms with Gasteiger partial charge in [0.2, 0.25) is 5.91 Å². The third kappa shape index (κ3) is 23.2. The van der Waals surface area contributed by atoms with E-state index in [-0.39, 0.29) is 25.4 Å². The number of primary amides is 1. The molecular weight excluding hydrogens is 162 g/mol. The predicted octanol–water partition coefficient (Wildman–Crippen LogP) is -1.89. The first kappa shape index (κ1) is 13.4. The second-order valence-corrected chi connectivity index (χ2v) is 1.93. The van der Waals surface area contributed by atoms with Crippen LogP contribution in [-0.4, -0.2) is 37.1 Å². The highest BCUT2D eigenvalue weighted by Gasteiger charge is 1.87. The zero-order valence-corrected chi connectivity index (χ0v) is 7.04. The molecule has 0 unspecified atom stereocenters. The first-order valence-corrected chi connectivity index (χ1v) is 3.39. The molecule has 0 aromatic rings. The van der Waals surface area contributed by atoms with Gasteiger partial charge in [0.15, 0.2) is 0 Å². The van der Waals surface area contributed by atoms with Crippen molar-refractivity contribution in [2.24, 2.45) is 11.5 Å². The third-order valence-corrected chi connectivity index (χ3v) is 0.709. The molecule has 0 aromatic carbocycles. The van der Waals surface area contributed by atoms with E-state index in [0.717, 1.165) is 0 Å². The molecule has 6 nitrogen and oxygen atoms in total. The molecular formula is C6H15N3O3. The maximum absolute atomic E-state index is 9.76. The van der Waals surface area contributed by atoms with Gasteiger partial charge in [-0.3, -0.25) is 9.59 Å². The van der Waals surface area contributed by atoms with Gasteiger partial charge in [0.05, 0.1) is 13.0 Å². The quantitative estimate of drug-likeness (QED) is 0.400. The summed E-state index contributed by atoms with van der Waals surface area (Å²) in [5, 5.41) is 10.4. The van der Waals surface area contributed by atoms with Gasteiger partial charge in [-0.05, 0) is 7.05 Å². The van der Waals surface area contributed by atoms with E-state index in [1.54, 1.807) is 7.05 Å². The zero-order chi connectivity index (χ0) is 9.98. The second-order valence-electron chi connectivity index (χ2n) is 1.93. The second kappa shape index (κ2) is 9.86. The molecule has 72 valence electrons. The Morgan fingerprint density at radius 2 is 2.00 bits per heavy atom. The third-order valence-electron chi connectivity index (χ3n) is 0.709. The van der Waals surface area contributed by atoms with Gasteiger partial charge in [0.1, 0.15) is 0 Å². The molecule has 1 amide bonds. The first-order chi connectivity index (χ1) is 5.54. The lowest BCUT2D eigenvalue weighted by Gasteiger charge is -1.85. The van der Waals surface area contributed by atoms with Crippen LogP contribution in [0.3, 0.4) is 0 Å². The number of amides is 1. The zero-order valence-electron chi connectivity index (χ0n) is 7.04. The molecule has 0 aliphatic heterocycles. The highest BCUT2D eigenvalue weighted by molar-refractivity contribution is 5.75. The number of carbonyl (C=O) groups excluding carboxylic acids is 1. The van der Waals surface area contributed by atoms with Crippen LogP contribution in [-0.2, 0) is 9.59 Å². The summed E-state index contributed by atoms with van der Waals surface area (Å²) >= 11 is 0. The Morgan fingerprint density at radius 3 is 2.00 bits per heavy atom. The average Bonchev–Trinajstić information content (AvgIpc) is 1.87. The van der Waals surface area contributed by atoms with Gasteiger partial charge in [-0.15, -0.1) is 0 Å². The van der Waals surface area contributed by atoms with Crippen molar-refractivity contribution < 1.29 is 14.7 Å². The summed E-state index contributed by atoms with van der Waals surface area (Å²) in [6.45, 7) is 0.495. The maximum Gasteiger partial charge on any atom is 0.304 e. The van der Waals surface area contributed by atoms with Crippen molar-refractivity contribution in [1.82, 2.24) is 5.32 Å². The molecule has 0 atom stereocenters. The molecule has 0 radical (unpaired) electrons. The van der Waals surface area contributed by atoms with E-state index in [0.29, 0.717) is 0 Å². The van der Waals surface area contributed by atoms with Crippen molar-refractivity contribution in [3.8, 4) is 0 Å². The van der Waals surface area contributed by atoms with Crippen LogP contribution >= 0.6 is 0 Å². The monoisotopic (exact) mass is 177 g/mol. The van der Waals surface area contributed by atoms with Crippen LogP contribution in [0.15, 0.2) is 0 Å². The lowest BCUT2D eigenvalue weighted by Crippen LogP contribution is -2.25. The first-order valence-electron chi connectivity index (χ1n) is 3.39. The number of carboxylic acids is 1. The van der Waals surface area contributed by atoms with E-state index in [1.807, 2.05) is 0 Å². The standard InChI is InChI=1S/C3H8N2O.C3H7NO2/c1-5-2-3(4)6;4-2-1-3(5)6/h5H,2H2,1H3,(H2,4,6);1-2,4H2,(H,5,6). The number of carboxylic acid groups (broad SMARTS) is 1. The van der Waals surface area contributed by atoms with Gasteiger partial charge in [0, 0.05) is 6.54 Å². The number of hydrogen-bond acceptors (Lipinski definition) is 4. The maximum atomic E-state index is 9.76. The van der Waals surface area contributed by atoms with E-state index in [4.69, 9.17) is 16.6 Å². The molecule has 0 bridgehead atoms. The number of nitrogens with one attached hydrogen (secondary N) is 1. The molecule has 0 rings (SSSR count). The Kier molecular flexibility index (Phi) is 11.1. The van der Waals surface area contributed by atoms with Gasteiger partial charge in [-0.2, -0.15) is 0 Å². The van der Waals surface area contributed by atoms with Crippen LogP contribution in [0.2, 0.25) is 0 Å². The molecule has 0 spiro atoms. The summed E-state index contributed by atoms with van der Waals surface area (Å²) in [4.78, 5) is 19.3. The lowest BCUT2D eigenvalue weighted by molar-refractivity contribution is -0.136. The molecule has 0 aliphatic rings. The van der Waals surface area contributed by atoms with E-state index in [9.17, 15) is 9.59 Å². The fourth-order valence-corrected chi connectivity index (χ4v) is 0.298. The van der Waals surface area contributed by atoms with Crippen LogP contribution in [0, 0.1) is 0 Å². The van der Waals surface area contributed by atoms with Crippen LogP contribution in [0.25, 0.3) is 0 Å². The van der Waals surface area contributed by atoms with Crippen LogP contribution < -0.4 is 16.8 Å². The topological polar surface area (TPSA) is 118 Å². The van der Waals surface area contributed by atoms with Gasteiger partial charge in [0.25, 0.3) is 0 Å². The van der Waals surface area contributed by atoms with E-state index < -0.39 is 5.97 Å². The molecule has 6 N–H and O–H groups in total. The minimum absolute atomic E-state index is 0.0694. The van der Waals surface area contributed by atoms with Gasteiger partial charge in [-0.25, -0.2) is 0 Å². The summed E-state index contributed by atoms with van der Waals surface area (Å²) in [5.74, 6) is -1.16. The molecule has 12 heavy (non-hydrogen) atoms. The summed E-state index contributed by atoms with van der Waals surface area (Å²) in [6.07, 6.45) is 0.0694. The Balaban J connectivity index is 0. The minimum Gasteiger partial charge on any atom is -0.481 e. The van der Waals surface area contributed by atoms with Crippen molar-refractivity contribution >= 4 is 11.9 Å². The van der Waals surface area contributed by atoms with Crippen molar-refractivity contribution in [1.29, 1.82) is 0 Å². The minimum atomic E-state index is -0.836. The number of carbonyl (C=O) groups is 2. The average molecular weight is 177 g/mol. The SMILES string of the molecule is CNCC(N)=O.NCCC(=O)O. The Morgan fingerprint density at radius 1 is 1.50 bits per heavy atom. The highest BCUT2D eigenvalue weighted by atomic mass is 16.4. The summed E-state index contributed by atoms with van der Waals surface area (Å²) in [6, 6.07) is 0. The fraction of sp³-hybridized carbons (Fsp3) is 0.667. The number of hydrogen-bond donors (Lipinski definition) is 4. The molecule has 0 aliphatic carbocycles. The lowest BCUT2D eigenvalue weighted by atomic mass is 10.5. The summed E-state index contributed by atoms with van der Waals surface area (Å²) in [5.41, 5.74) is 9.55. The summed E-state index contributed by atoms with van der Waals surface area (Å²) < 4.78 is 0. The molecule has 0 saturated heterocycles. The van der Waals surface area contributed by atoms with Crippen molar-refractivity contribution in [3.63, 3.8) is 0 Å². The van der Waals surface area contributed by atoms with Crippen LogP contribution in [0.5, 0.6) is 0 Å². The molecule has 0 aromatic heterocycles. The van der Waals surface area contributed by atoms with E-state index in [2.05, 4.69) is 5.32 Å². The normalized spacial score (nSPS) is 8.17.